The molecule has 1 unspecified atom stereocenters. The van der Waals surface area contributed by atoms with E-state index in [-0.39, 0.29) is 0 Å². The van der Waals surface area contributed by atoms with Gasteiger partial charge in [-0.15, -0.1) is 0 Å². The maximum Gasteiger partial charge on any atom is 0.154 e. The van der Waals surface area contributed by atoms with Crippen LogP contribution >= 0.6 is 0 Å². The van der Waals surface area contributed by atoms with Crippen LogP contribution in [0.2, 0.25) is 0 Å². The number of anilines is 1. The number of aryl methyl sites for hydroxylation is 1. The Morgan fingerprint density at radius 3 is 2.76 bits per heavy atom. The first-order valence-electron chi connectivity index (χ1n) is 7.65. The lowest BCUT2D eigenvalue weighted by Crippen LogP contribution is -2.48. The van der Waals surface area contributed by atoms with Crippen LogP contribution in [0.25, 0.3) is 5.52 Å². The summed E-state index contributed by atoms with van der Waals surface area (Å²) in [6, 6.07) is 2.10. The van der Waals surface area contributed by atoms with E-state index in [9.17, 15) is 0 Å². The van der Waals surface area contributed by atoms with Crippen molar-refractivity contribution in [3.8, 4) is 0 Å². The molecule has 0 radical (unpaired) electrons. The van der Waals surface area contributed by atoms with Crippen molar-refractivity contribution in [2.24, 2.45) is 11.7 Å². The van der Waals surface area contributed by atoms with Gasteiger partial charge in [0.15, 0.2) is 5.82 Å². The number of rotatable bonds is 4. The smallest absolute Gasteiger partial charge is 0.154 e. The predicted octanol–water partition coefficient (Wildman–Crippen LogP) is 0.755. The average Bonchev–Trinajstić information content (AvgIpc) is 2.88. The number of nitrogens with two attached hydrogens (primary N) is 1. The van der Waals surface area contributed by atoms with Crippen molar-refractivity contribution in [1.29, 1.82) is 0 Å². The first kappa shape index (κ1) is 14.3. The van der Waals surface area contributed by atoms with Crippen LogP contribution in [0.4, 0.5) is 5.82 Å². The summed E-state index contributed by atoms with van der Waals surface area (Å²) < 4.78 is 1.92. The summed E-state index contributed by atoms with van der Waals surface area (Å²) in [5, 5.41) is 4.46. The van der Waals surface area contributed by atoms with Crippen molar-refractivity contribution in [2.45, 2.75) is 13.8 Å². The number of fused-ring (bicyclic) bond motifs is 1. The lowest BCUT2D eigenvalue weighted by Gasteiger charge is -2.36. The summed E-state index contributed by atoms with van der Waals surface area (Å²) in [5.74, 6) is 1.61. The van der Waals surface area contributed by atoms with Gasteiger partial charge in [-0.2, -0.15) is 5.10 Å². The SMILES string of the molecule is Cc1cc2c(N3CCN(CC(C)CN)CC3)nccn2n1. The Morgan fingerprint density at radius 1 is 1.29 bits per heavy atom. The van der Waals surface area contributed by atoms with Gasteiger partial charge in [0.2, 0.25) is 0 Å². The minimum atomic E-state index is 0.565. The molecule has 1 aliphatic rings. The quantitative estimate of drug-likeness (QED) is 0.900. The molecule has 1 fully saturated rings. The molecule has 1 aliphatic heterocycles. The highest BCUT2D eigenvalue weighted by molar-refractivity contribution is 5.69. The fraction of sp³-hybridized carbons (Fsp3) is 0.600. The highest BCUT2D eigenvalue weighted by Gasteiger charge is 2.21. The van der Waals surface area contributed by atoms with E-state index in [2.05, 4.69) is 32.9 Å². The van der Waals surface area contributed by atoms with Crippen molar-refractivity contribution in [3.05, 3.63) is 24.2 Å². The van der Waals surface area contributed by atoms with E-state index in [0.29, 0.717) is 5.92 Å². The van der Waals surface area contributed by atoms with Crippen LogP contribution in [0.1, 0.15) is 12.6 Å². The van der Waals surface area contributed by atoms with Crippen LogP contribution in [0.15, 0.2) is 18.5 Å². The third-order valence-electron chi connectivity index (χ3n) is 4.14. The van der Waals surface area contributed by atoms with Crippen molar-refractivity contribution in [2.75, 3.05) is 44.2 Å². The molecule has 2 aromatic heterocycles. The summed E-state index contributed by atoms with van der Waals surface area (Å²) in [7, 11) is 0. The van der Waals surface area contributed by atoms with Crippen molar-refractivity contribution in [3.63, 3.8) is 0 Å². The lowest BCUT2D eigenvalue weighted by molar-refractivity contribution is 0.227. The van der Waals surface area contributed by atoms with Crippen LogP contribution in [-0.2, 0) is 0 Å². The topological polar surface area (TPSA) is 62.7 Å². The number of piperazine rings is 1. The normalized spacial score (nSPS) is 18.3. The van der Waals surface area contributed by atoms with Crippen molar-refractivity contribution in [1.82, 2.24) is 19.5 Å². The molecule has 0 aliphatic carbocycles. The predicted molar refractivity (Wildman–Crippen MR) is 84.6 cm³/mol. The minimum absolute atomic E-state index is 0.565. The molecule has 3 heterocycles. The lowest BCUT2D eigenvalue weighted by atomic mass is 10.1. The Bertz CT molecular complexity index is 599. The van der Waals surface area contributed by atoms with Gasteiger partial charge in [-0.25, -0.2) is 9.50 Å². The minimum Gasteiger partial charge on any atom is -0.352 e. The zero-order chi connectivity index (χ0) is 14.8. The summed E-state index contributed by atoms with van der Waals surface area (Å²) >= 11 is 0. The summed E-state index contributed by atoms with van der Waals surface area (Å²) in [6.07, 6.45) is 3.74. The molecule has 2 N–H and O–H groups in total. The second kappa shape index (κ2) is 5.99. The van der Waals surface area contributed by atoms with E-state index < -0.39 is 0 Å². The monoisotopic (exact) mass is 288 g/mol. The van der Waals surface area contributed by atoms with Gasteiger partial charge in [0.05, 0.1) is 5.69 Å². The number of aromatic nitrogens is 3. The van der Waals surface area contributed by atoms with Crippen LogP contribution in [0.5, 0.6) is 0 Å². The van der Waals surface area contributed by atoms with Crippen LogP contribution < -0.4 is 10.6 Å². The van der Waals surface area contributed by atoms with Crippen molar-refractivity contribution >= 4 is 11.3 Å². The second-order valence-corrected chi connectivity index (χ2v) is 5.99. The van der Waals surface area contributed by atoms with E-state index in [0.717, 1.165) is 56.3 Å². The highest BCUT2D eigenvalue weighted by Crippen LogP contribution is 2.21. The van der Waals surface area contributed by atoms with Gasteiger partial charge in [0, 0.05) is 45.1 Å². The molecule has 1 saturated heterocycles. The summed E-state index contributed by atoms with van der Waals surface area (Å²) in [6.45, 7) is 10.2. The summed E-state index contributed by atoms with van der Waals surface area (Å²) in [4.78, 5) is 9.43. The third-order valence-corrected chi connectivity index (χ3v) is 4.14. The second-order valence-electron chi connectivity index (χ2n) is 5.99. The number of nitrogens with zero attached hydrogens (tertiary/aromatic N) is 5. The zero-order valence-corrected chi connectivity index (χ0v) is 12.9. The standard InChI is InChI=1S/C15H24N6/c1-12(10-16)11-19-5-7-20(8-6-19)15-14-9-13(2)18-21(14)4-3-17-15/h3-4,9,12H,5-8,10-11,16H2,1-2H3. The largest absolute Gasteiger partial charge is 0.352 e. The molecular formula is C15H24N6. The van der Waals surface area contributed by atoms with Gasteiger partial charge < -0.3 is 10.6 Å². The van der Waals surface area contributed by atoms with Gasteiger partial charge in [-0.05, 0) is 25.5 Å². The Morgan fingerprint density at radius 2 is 2.05 bits per heavy atom. The molecule has 2 aromatic rings. The van der Waals surface area contributed by atoms with E-state index in [1.54, 1.807) is 0 Å². The molecule has 6 nitrogen and oxygen atoms in total. The zero-order valence-electron chi connectivity index (χ0n) is 12.9. The molecule has 0 bridgehead atoms. The average molecular weight is 288 g/mol. The Balaban J connectivity index is 1.71. The molecular weight excluding hydrogens is 264 g/mol. The Hall–Kier alpha value is -1.66. The number of hydrogen-bond acceptors (Lipinski definition) is 5. The fourth-order valence-electron chi connectivity index (χ4n) is 2.93. The molecule has 6 heteroatoms. The maximum absolute atomic E-state index is 5.72. The van der Waals surface area contributed by atoms with Gasteiger partial charge in [0.25, 0.3) is 0 Å². The molecule has 0 saturated carbocycles. The Kier molecular flexibility index (Phi) is 4.07. The van der Waals surface area contributed by atoms with E-state index in [4.69, 9.17) is 5.73 Å². The van der Waals surface area contributed by atoms with E-state index >= 15 is 0 Å². The molecule has 114 valence electrons. The number of hydrogen-bond donors (Lipinski definition) is 1. The molecule has 3 rings (SSSR count). The maximum atomic E-state index is 5.72. The van der Waals surface area contributed by atoms with Crippen LogP contribution in [-0.4, -0.2) is 58.8 Å². The van der Waals surface area contributed by atoms with Gasteiger partial charge in [-0.3, -0.25) is 4.90 Å². The third kappa shape index (κ3) is 3.01. The first-order valence-corrected chi connectivity index (χ1v) is 7.65. The molecule has 0 aromatic carbocycles. The molecule has 1 atom stereocenters. The van der Waals surface area contributed by atoms with Crippen LogP contribution in [0, 0.1) is 12.8 Å². The summed E-state index contributed by atoms with van der Waals surface area (Å²) in [5.41, 5.74) is 7.84. The van der Waals surface area contributed by atoms with Crippen molar-refractivity contribution < 1.29 is 0 Å². The van der Waals surface area contributed by atoms with Gasteiger partial charge >= 0.3 is 0 Å². The first-order chi connectivity index (χ1) is 10.2. The van der Waals surface area contributed by atoms with E-state index in [1.807, 2.05) is 23.8 Å². The Labute approximate surface area is 125 Å². The fourth-order valence-corrected chi connectivity index (χ4v) is 2.93. The molecule has 0 amide bonds. The van der Waals surface area contributed by atoms with Gasteiger partial charge in [-0.1, -0.05) is 6.92 Å². The molecule has 0 spiro atoms. The molecule has 21 heavy (non-hydrogen) atoms. The van der Waals surface area contributed by atoms with E-state index in [1.165, 1.54) is 0 Å². The van der Waals surface area contributed by atoms with Crippen LogP contribution in [0.3, 0.4) is 0 Å². The highest BCUT2D eigenvalue weighted by atomic mass is 15.3. The van der Waals surface area contributed by atoms with Gasteiger partial charge in [0.1, 0.15) is 5.52 Å².